The van der Waals surface area contributed by atoms with E-state index in [0.29, 0.717) is 39.2 Å². The smallest absolute Gasteiger partial charge is 0.409 e. The molecule has 1 fully saturated rings. The van der Waals surface area contributed by atoms with Crippen LogP contribution in [0.2, 0.25) is 5.02 Å². The van der Waals surface area contributed by atoms with E-state index in [1.807, 2.05) is 13.8 Å². The van der Waals surface area contributed by atoms with Gasteiger partial charge in [-0.3, -0.25) is 14.9 Å². The standard InChI is InChI=1S/C17H22ClN3O5/c1-12(2)11-26-17(23)20-7-3-6-19(8-9-20)16(22)14-5-4-13(21(24)25)10-15(14)18/h4-5,10,12H,3,6-9,11H2,1-2H3. The van der Waals surface area contributed by atoms with Crippen molar-refractivity contribution in [3.05, 3.63) is 38.9 Å². The van der Waals surface area contributed by atoms with Crippen molar-refractivity contribution in [2.75, 3.05) is 32.8 Å². The first-order chi connectivity index (χ1) is 12.3. The zero-order valence-electron chi connectivity index (χ0n) is 14.8. The highest BCUT2D eigenvalue weighted by atomic mass is 35.5. The minimum atomic E-state index is -0.563. The first-order valence-corrected chi connectivity index (χ1v) is 8.82. The van der Waals surface area contributed by atoms with Crippen molar-refractivity contribution in [1.82, 2.24) is 9.80 Å². The van der Waals surface area contributed by atoms with Crippen LogP contribution in [0.4, 0.5) is 10.5 Å². The van der Waals surface area contributed by atoms with E-state index in [1.165, 1.54) is 18.2 Å². The van der Waals surface area contributed by atoms with Gasteiger partial charge in [0.25, 0.3) is 11.6 Å². The first-order valence-electron chi connectivity index (χ1n) is 8.44. The molecule has 2 rings (SSSR count). The van der Waals surface area contributed by atoms with Gasteiger partial charge >= 0.3 is 6.09 Å². The lowest BCUT2D eigenvalue weighted by Crippen LogP contribution is -2.38. The Morgan fingerprint density at radius 1 is 1.23 bits per heavy atom. The number of halogens is 1. The van der Waals surface area contributed by atoms with Gasteiger partial charge in [-0.05, 0) is 18.4 Å². The van der Waals surface area contributed by atoms with Crippen LogP contribution in [0.15, 0.2) is 18.2 Å². The molecule has 0 saturated carbocycles. The predicted octanol–water partition coefficient (Wildman–Crippen LogP) is 3.19. The SMILES string of the molecule is CC(C)COC(=O)N1CCCN(C(=O)c2ccc([N+](=O)[O-])cc2Cl)CC1. The molecule has 2 amide bonds. The molecule has 8 nitrogen and oxygen atoms in total. The summed E-state index contributed by atoms with van der Waals surface area (Å²) in [5.74, 6) is -0.0458. The third-order valence-corrected chi connectivity index (χ3v) is 4.29. The van der Waals surface area contributed by atoms with Crippen molar-refractivity contribution < 1.29 is 19.2 Å². The number of non-ortho nitro benzene ring substituents is 1. The molecule has 0 radical (unpaired) electrons. The summed E-state index contributed by atoms with van der Waals surface area (Å²) < 4.78 is 5.23. The van der Waals surface area contributed by atoms with Crippen LogP contribution in [-0.2, 0) is 4.74 Å². The molecular weight excluding hydrogens is 362 g/mol. The van der Waals surface area contributed by atoms with Crippen molar-refractivity contribution in [3.63, 3.8) is 0 Å². The topological polar surface area (TPSA) is 93.0 Å². The third kappa shape index (κ3) is 5.08. The second-order valence-electron chi connectivity index (χ2n) is 6.52. The molecule has 0 aromatic heterocycles. The number of nitro groups is 1. The van der Waals surface area contributed by atoms with Gasteiger partial charge in [-0.1, -0.05) is 25.4 Å². The fourth-order valence-electron chi connectivity index (χ4n) is 2.59. The van der Waals surface area contributed by atoms with Gasteiger partial charge in [0, 0.05) is 38.3 Å². The van der Waals surface area contributed by atoms with Crippen LogP contribution in [0.3, 0.4) is 0 Å². The number of carbonyl (C=O) groups is 2. The minimum Gasteiger partial charge on any atom is -0.449 e. The molecule has 1 aliphatic heterocycles. The molecule has 1 heterocycles. The summed E-state index contributed by atoms with van der Waals surface area (Å²) in [5.41, 5.74) is 0.0505. The molecular formula is C17H22ClN3O5. The molecule has 0 bridgehead atoms. The van der Waals surface area contributed by atoms with Crippen LogP contribution < -0.4 is 0 Å². The number of carbonyl (C=O) groups excluding carboxylic acids is 2. The van der Waals surface area contributed by atoms with Crippen molar-refractivity contribution in [2.24, 2.45) is 5.92 Å². The van der Waals surface area contributed by atoms with Crippen LogP contribution in [0, 0.1) is 16.0 Å². The average molecular weight is 384 g/mol. The fraction of sp³-hybridized carbons (Fsp3) is 0.529. The van der Waals surface area contributed by atoms with Crippen molar-refractivity contribution >= 4 is 29.3 Å². The molecule has 9 heteroatoms. The molecule has 0 unspecified atom stereocenters. The highest BCUT2D eigenvalue weighted by Gasteiger charge is 2.25. The lowest BCUT2D eigenvalue weighted by Gasteiger charge is -2.22. The molecule has 26 heavy (non-hydrogen) atoms. The number of hydrogen-bond donors (Lipinski definition) is 0. The van der Waals surface area contributed by atoms with Gasteiger partial charge in [0.2, 0.25) is 0 Å². The van der Waals surface area contributed by atoms with Crippen molar-refractivity contribution in [3.8, 4) is 0 Å². The molecule has 0 N–H and O–H groups in total. The molecule has 0 spiro atoms. The number of nitro benzene ring substituents is 1. The van der Waals surface area contributed by atoms with E-state index >= 15 is 0 Å². The third-order valence-electron chi connectivity index (χ3n) is 3.98. The first kappa shape index (κ1) is 20.0. The Kier molecular flexibility index (Phi) is 6.79. The maximum Gasteiger partial charge on any atom is 0.409 e. The summed E-state index contributed by atoms with van der Waals surface area (Å²) in [6, 6.07) is 3.79. The number of ether oxygens (including phenoxy) is 1. The van der Waals surface area contributed by atoms with Crippen LogP contribution >= 0.6 is 11.6 Å². The molecule has 1 aromatic rings. The van der Waals surface area contributed by atoms with Gasteiger partial charge < -0.3 is 14.5 Å². The number of hydrogen-bond acceptors (Lipinski definition) is 5. The Bertz CT molecular complexity index is 695. The number of amides is 2. The Labute approximate surface area is 156 Å². The summed E-state index contributed by atoms with van der Waals surface area (Å²) in [5, 5.41) is 10.8. The van der Waals surface area contributed by atoms with E-state index in [0.717, 1.165) is 0 Å². The van der Waals surface area contributed by atoms with Crippen LogP contribution in [0.1, 0.15) is 30.6 Å². The average Bonchev–Trinajstić information content (AvgIpc) is 2.85. The van der Waals surface area contributed by atoms with E-state index in [1.54, 1.807) is 9.80 Å². The van der Waals surface area contributed by atoms with Crippen LogP contribution in [-0.4, -0.2) is 59.5 Å². The fourth-order valence-corrected chi connectivity index (χ4v) is 2.85. The van der Waals surface area contributed by atoms with E-state index in [4.69, 9.17) is 16.3 Å². The summed E-state index contributed by atoms with van der Waals surface area (Å²) in [7, 11) is 0. The van der Waals surface area contributed by atoms with Crippen molar-refractivity contribution in [1.29, 1.82) is 0 Å². The van der Waals surface area contributed by atoms with Gasteiger partial charge in [0.15, 0.2) is 0 Å². The summed E-state index contributed by atoms with van der Waals surface area (Å²) in [6.45, 7) is 5.98. The molecule has 0 aliphatic carbocycles. The van der Waals surface area contributed by atoms with Gasteiger partial charge in [0.05, 0.1) is 22.1 Å². The van der Waals surface area contributed by atoms with Gasteiger partial charge in [-0.2, -0.15) is 0 Å². The molecule has 1 aliphatic rings. The lowest BCUT2D eigenvalue weighted by molar-refractivity contribution is -0.384. The van der Waals surface area contributed by atoms with Crippen molar-refractivity contribution in [2.45, 2.75) is 20.3 Å². The van der Waals surface area contributed by atoms with E-state index < -0.39 is 4.92 Å². The number of rotatable bonds is 4. The maximum absolute atomic E-state index is 12.7. The highest BCUT2D eigenvalue weighted by Crippen LogP contribution is 2.24. The lowest BCUT2D eigenvalue weighted by atomic mass is 10.1. The van der Waals surface area contributed by atoms with Gasteiger partial charge in [-0.25, -0.2) is 4.79 Å². The van der Waals surface area contributed by atoms with Crippen LogP contribution in [0.5, 0.6) is 0 Å². The second kappa shape index (κ2) is 8.84. The summed E-state index contributed by atoms with van der Waals surface area (Å²) in [4.78, 5) is 38.2. The molecule has 1 saturated heterocycles. The minimum absolute atomic E-state index is 0.0432. The zero-order valence-corrected chi connectivity index (χ0v) is 15.6. The monoisotopic (exact) mass is 383 g/mol. The Hall–Kier alpha value is -2.35. The second-order valence-corrected chi connectivity index (χ2v) is 6.93. The van der Waals surface area contributed by atoms with Gasteiger partial charge in [-0.15, -0.1) is 0 Å². The predicted molar refractivity (Wildman–Crippen MR) is 96.4 cm³/mol. The number of benzene rings is 1. The quantitative estimate of drug-likeness (QED) is 0.588. The Morgan fingerprint density at radius 3 is 2.50 bits per heavy atom. The molecule has 0 atom stereocenters. The zero-order chi connectivity index (χ0) is 19.3. The van der Waals surface area contributed by atoms with E-state index in [9.17, 15) is 19.7 Å². The van der Waals surface area contributed by atoms with Gasteiger partial charge in [0.1, 0.15) is 0 Å². The largest absolute Gasteiger partial charge is 0.449 e. The molecule has 1 aromatic carbocycles. The summed E-state index contributed by atoms with van der Waals surface area (Å²) in [6.07, 6.45) is 0.244. The maximum atomic E-state index is 12.7. The highest BCUT2D eigenvalue weighted by molar-refractivity contribution is 6.34. The van der Waals surface area contributed by atoms with E-state index in [2.05, 4.69) is 0 Å². The summed E-state index contributed by atoms with van der Waals surface area (Å²) >= 11 is 6.04. The normalized spacial score (nSPS) is 14.9. The Morgan fingerprint density at radius 2 is 1.88 bits per heavy atom. The number of nitrogens with zero attached hydrogens (tertiary/aromatic N) is 3. The molecule has 142 valence electrons. The Balaban J connectivity index is 2.01. The van der Waals surface area contributed by atoms with E-state index in [-0.39, 0.29) is 34.2 Å². The van der Waals surface area contributed by atoms with Crippen LogP contribution in [0.25, 0.3) is 0 Å².